The van der Waals surface area contributed by atoms with Gasteiger partial charge in [0.1, 0.15) is 0 Å². The van der Waals surface area contributed by atoms with Crippen LogP contribution in [0.2, 0.25) is 5.02 Å². The molecule has 3 nitrogen and oxygen atoms in total. The summed E-state index contributed by atoms with van der Waals surface area (Å²) in [5, 5.41) is 5.07. The molecule has 0 bridgehead atoms. The number of nitrogens with zero attached hydrogens (tertiary/aromatic N) is 2. The van der Waals surface area contributed by atoms with Gasteiger partial charge in [-0.25, -0.2) is 4.52 Å². The molecule has 2 heterocycles. The summed E-state index contributed by atoms with van der Waals surface area (Å²) in [5.41, 5.74) is 9.44. The van der Waals surface area contributed by atoms with Crippen molar-refractivity contribution in [1.29, 1.82) is 0 Å². The lowest BCUT2D eigenvalue weighted by atomic mass is 10.0. The number of aromatic nitrogens is 2. The monoisotopic (exact) mass is 271 g/mol. The molecule has 0 fully saturated rings. The van der Waals surface area contributed by atoms with Gasteiger partial charge in [0.15, 0.2) is 0 Å². The van der Waals surface area contributed by atoms with E-state index >= 15 is 0 Å². The Morgan fingerprint density at radius 2 is 1.95 bits per heavy atom. The fourth-order valence-corrected chi connectivity index (χ4v) is 2.46. The van der Waals surface area contributed by atoms with Gasteiger partial charge in [0, 0.05) is 22.8 Å². The van der Waals surface area contributed by atoms with Gasteiger partial charge in [-0.05, 0) is 30.2 Å². The molecule has 0 aliphatic carbocycles. The van der Waals surface area contributed by atoms with Crippen LogP contribution < -0.4 is 5.73 Å². The molecule has 0 aliphatic heterocycles. The number of benzene rings is 1. The van der Waals surface area contributed by atoms with Gasteiger partial charge in [0.05, 0.1) is 11.7 Å². The predicted octanol–water partition coefficient (Wildman–Crippen LogP) is 3.23. The summed E-state index contributed by atoms with van der Waals surface area (Å²) in [7, 11) is 0. The normalized spacial score (nSPS) is 12.7. The molecule has 19 heavy (non-hydrogen) atoms. The van der Waals surface area contributed by atoms with Crippen LogP contribution in [0.15, 0.2) is 54.9 Å². The lowest BCUT2D eigenvalue weighted by Gasteiger charge is -2.11. The lowest BCUT2D eigenvalue weighted by Crippen LogP contribution is -2.13. The third kappa shape index (κ3) is 2.35. The molecule has 3 aromatic rings. The first-order chi connectivity index (χ1) is 9.25. The van der Waals surface area contributed by atoms with Crippen molar-refractivity contribution in [2.45, 2.75) is 12.5 Å². The summed E-state index contributed by atoms with van der Waals surface area (Å²) in [5.74, 6) is 0. The van der Waals surface area contributed by atoms with Crippen LogP contribution in [-0.4, -0.2) is 9.61 Å². The number of rotatable bonds is 3. The third-order valence-electron chi connectivity index (χ3n) is 3.25. The Balaban J connectivity index is 1.92. The van der Waals surface area contributed by atoms with Crippen molar-refractivity contribution >= 4 is 17.1 Å². The summed E-state index contributed by atoms with van der Waals surface area (Å²) in [6, 6.07) is 13.6. The minimum absolute atomic E-state index is 0.111. The summed E-state index contributed by atoms with van der Waals surface area (Å²) in [4.78, 5) is 0. The molecular weight excluding hydrogens is 258 g/mol. The molecular formula is C15H14ClN3. The van der Waals surface area contributed by atoms with E-state index in [9.17, 15) is 0 Å². The number of fused-ring (bicyclic) bond motifs is 1. The van der Waals surface area contributed by atoms with Crippen LogP contribution >= 0.6 is 11.6 Å². The standard InChI is InChI=1S/C15H14ClN3/c16-13-6-2-1-5-11(13)9-14(17)12-10-18-19-8-4-3-7-15(12)19/h1-8,10,14H,9,17H2. The molecule has 1 unspecified atom stereocenters. The maximum Gasteiger partial charge on any atom is 0.0709 e. The van der Waals surface area contributed by atoms with Crippen LogP contribution in [0.4, 0.5) is 0 Å². The molecule has 2 aromatic heterocycles. The van der Waals surface area contributed by atoms with Gasteiger partial charge < -0.3 is 5.73 Å². The van der Waals surface area contributed by atoms with Crippen LogP contribution in [0.3, 0.4) is 0 Å². The van der Waals surface area contributed by atoms with Gasteiger partial charge in [0.25, 0.3) is 0 Å². The molecule has 0 spiro atoms. The Morgan fingerprint density at radius 3 is 2.79 bits per heavy atom. The van der Waals surface area contributed by atoms with Gasteiger partial charge >= 0.3 is 0 Å². The van der Waals surface area contributed by atoms with E-state index in [4.69, 9.17) is 17.3 Å². The maximum atomic E-state index is 6.29. The van der Waals surface area contributed by atoms with Gasteiger partial charge in [-0.15, -0.1) is 0 Å². The molecule has 3 rings (SSSR count). The zero-order valence-corrected chi connectivity index (χ0v) is 11.1. The molecule has 0 saturated heterocycles. The van der Waals surface area contributed by atoms with Gasteiger partial charge in [0.2, 0.25) is 0 Å². The van der Waals surface area contributed by atoms with Crippen molar-refractivity contribution in [2.24, 2.45) is 5.73 Å². The summed E-state index contributed by atoms with van der Waals surface area (Å²) >= 11 is 6.17. The second-order valence-corrected chi connectivity index (χ2v) is 4.94. The highest BCUT2D eigenvalue weighted by molar-refractivity contribution is 6.31. The first-order valence-corrected chi connectivity index (χ1v) is 6.55. The molecule has 1 atom stereocenters. The van der Waals surface area contributed by atoms with Crippen LogP contribution in [0.25, 0.3) is 5.52 Å². The van der Waals surface area contributed by atoms with Crippen LogP contribution in [0.5, 0.6) is 0 Å². The number of hydrogen-bond acceptors (Lipinski definition) is 2. The summed E-state index contributed by atoms with van der Waals surface area (Å²) in [6.07, 6.45) is 4.45. The molecule has 0 radical (unpaired) electrons. The lowest BCUT2D eigenvalue weighted by molar-refractivity contribution is 0.728. The minimum Gasteiger partial charge on any atom is -0.324 e. The Morgan fingerprint density at radius 1 is 1.16 bits per heavy atom. The Kier molecular flexibility index (Phi) is 3.23. The topological polar surface area (TPSA) is 43.3 Å². The van der Waals surface area contributed by atoms with Crippen LogP contribution in [0, 0.1) is 0 Å². The maximum absolute atomic E-state index is 6.29. The highest BCUT2D eigenvalue weighted by Gasteiger charge is 2.13. The third-order valence-corrected chi connectivity index (χ3v) is 3.62. The molecule has 4 heteroatoms. The Labute approximate surface area is 116 Å². The van der Waals surface area contributed by atoms with E-state index in [1.165, 1.54) is 0 Å². The second-order valence-electron chi connectivity index (χ2n) is 4.53. The SMILES string of the molecule is NC(Cc1ccccc1Cl)c1cnn2ccccc12. The highest BCUT2D eigenvalue weighted by atomic mass is 35.5. The van der Waals surface area contributed by atoms with Gasteiger partial charge in [-0.2, -0.15) is 5.10 Å². The zero-order chi connectivity index (χ0) is 13.2. The first kappa shape index (κ1) is 12.2. The summed E-state index contributed by atoms with van der Waals surface area (Å²) < 4.78 is 1.84. The van der Waals surface area contributed by atoms with Crippen molar-refractivity contribution < 1.29 is 0 Å². The fourth-order valence-electron chi connectivity index (χ4n) is 2.25. The van der Waals surface area contributed by atoms with E-state index in [0.717, 1.165) is 21.7 Å². The molecule has 96 valence electrons. The molecule has 1 aromatic carbocycles. The first-order valence-electron chi connectivity index (χ1n) is 6.17. The van der Waals surface area contributed by atoms with E-state index in [1.54, 1.807) is 0 Å². The predicted molar refractivity (Wildman–Crippen MR) is 77.3 cm³/mol. The highest BCUT2D eigenvalue weighted by Crippen LogP contribution is 2.24. The van der Waals surface area contributed by atoms with Crippen LogP contribution in [-0.2, 0) is 6.42 Å². The van der Waals surface area contributed by atoms with Gasteiger partial charge in [-0.3, -0.25) is 0 Å². The van der Waals surface area contributed by atoms with Crippen molar-refractivity contribution in [3.05, 3.63) is 71.0 Å². The molecule has 0 amide bonds. The Hall–Kier alpha value is -1.84. The average Bonchev–Trinajstić information content (AvgIpc) is 2.85. The minimum atomic E-state index is -0.111. The van der Waals surface area contributed by atoms with E-state index in [2.05, 4.69) is 5.10 Å². The largest absolute Gasteiger partial charge is 0.324 e. The van der Waals surface area contributed by atoms with Crippen molar-refractivity contribution in [2.75, 3.05) is 0 Å². The quantitative estimate of drug-likeness (QED) is 0.795. The van der Waals surface area contributed by atoms with E-state index in [-0.39, 0.29) is 6.04 Å². The van der Waals surface area contributed by atoms with Gasteiger partial charge in [-0.1, -0.05) is 35.9 Å². The van der Waals surface area contributed by atoms with E-state index < -0.39 is 0 Å². The summed E-state index contributed by atoms with van der Waals surface area (Å²) in [6.45, 7) is 0. The number of halogens is 1. The molecule has 2 N–H and O–H groups in total. The molecule has 0 saturated carbocycles. The smallest absolute Gasteiger partial charge is 0.0709 e. The van der Waals surface area contributed by atoms with Crippen molar-refractivity contribution in [3.63, 3.8) is 0 Å². The average molecular weight is 272 g/mol. The molecule has 0 aliphatic rings. The fraction of sp³-hybridized carbons (Fsp3) is 0.133. The van der Waals surface area contributed by atoms with E-state index in [0.29, 0.717) is 6.42 Å². The van der Waals surface area contributed by atoms with Crippen molar-refractivity contribution in [1.82, 2.24) is 9.61 Å². The second kappa shape index (κ2) is 5.03. The van der Waals surface area contributed by atoms with Crippen LogP contribution in [0.1, 0.15) is 17.2 Å². The number of hydrogen-bond donors (Lipinski definition) is 1. The van der Waals surface area contributed by atoms with Crippen molar-refractivity contribution in [3.8, 4) is 0 Å². The Bertz CT molecular complexity index is 705. The zero-order valence-electron chi connectivity index (χ0n) is 10.3. The van der Waals surface area contributed by atoms with E-state index in [1.807, 2.05) is 59.4 Å². The number of nitrogens with two attached hydrogens (primary N) is 1. The number of pyridine rings is 1.